The number of nitrogens with one attached hydrogen (secondary N) is 1. The number of hydrogen-bond donors (Lipinski definition) is 1. The number of hydrogen-bond acceptors (Lipinski definition) is 5. The smallest absolute Gasteiger partial charge is 0.322 e. The van der Waals surface area contributed by atoms with E-state index in [1.807, 2.05) is 47.4 Å². The number of carbonyl (C=O) groups is 2. The zero-order chi connectivity index (χ0) is 27.5. The molecule has 204 valence electrons. The summed E-state index contributed by atoms with van der Waals surface area (Å²) in [5, 5.41) is 2.93. The zero-order valence-corrected chi connectivity index (χ0v) is 24.9. The van der Waals surface area contributed by atoms with Crippen molar-refractivity contribution in [1.82, 2.24) is 9.80 Å². The average Bonchev–Trinajstić information content (AvgIpc) is 3.34. The summed E-state index contributed by atoms with van der Waals surface area (Å²) in [6, 6.07) is 17.1. The quantitative estimate of drug-likeness (QED) is 0.235. The highest BCUT2D eigenvalue weighted by Gasteiger charge is 2.22. The van der Waals surface area contributed by atoms with E-state index in [9.17, 15) is 9.59 Å². The molecule has 0 aliphatic rings. The molecule has 0 aliphatic carbocycles. The summed E-state index contributed by atoms with van der Waals surface area (Å²) in [5.74, 6) is 1.24. The van der Waals surface area contributed by atoms with Crippen LogP contribution in [0.1, 0.15) is 35.1 Å². The van der Waals surface area contributed by atoms with Crippen molar-refractivity contribution in [3.63, 3.8) is 0 Å². The van der Waals surface area contributed by atoms with Crippen LogP contribution in [0.25, 0.3) is 0 Å². The predicted molar refractivity (Wildman–Crippen MR) is 157 cm³/mol. The summed E-state index contributed by atoms with van der Waals surface area (Å²) >= 11 is 5.09. The second-order valence-corrected chi connectivity index (χ2v) is 11.3. The Morgan fingerprint density at radius 1 is 0.947 bits per heavy atom. The summed E-state index contributed by atoms with van der Waals surface area (Å²) in [6.45, 7) is 5.66. The van der Waals surface area contributed by atoms with E-state index in [1.54, 1.807) is 30.5 Å². The number of methoxy groups -OCH3 is 2. The van der Waals surface area contributed by atoms with E-state index in [1.165, 1.54) is 4.88 Å². The van der Waals surface area contributed by atoms with Gasteiger partial charge in [-0.3, -0.25) is 4.79 Å². The number of halogens is 1. The lowest BCUT2D eigenvalue weighted by Crippen LogP contribution is -2.45. The molecule has 3 aromatic rings. The number of ether oxygens (including phenoxy) is 2. The van der Waals surface area contributed by atoms with Crippen molar-refractivity contribution in [1.29, 1.82) is 0 Å². The normalized spacial score (nSPS) is 10.7. The number of amides is 3. The summed E-state index contributed by atoms with van der Waals surface area (Å²) < 4.78 is 11.7. The van der Waals surface area contributed by atoms with Crippen LogP contribution in [0.5, 0.6) is 11.5 Å². The maximum absolute atomic E-state index is 13.6. The Morgan fingerprint density at radius 3 is 2.32 bits per heavy atom. The first-order chi connectivity index (χ1) is 18.3. The lowest BCUT2D eigenvalue weighted by atomic mass is 10.1. The SMILES string of the molecule is CCCCN(CC(=O)N(CCc1ccc(OC)c(OC)c1)Cc1ccc(C)s1)C(=O)Nc1ccc(Br)cc1. The van der Waals surface area contributed by atoms with Gasteiger partial charge in [0.15, 0.2) is 11.5 Å². The molecule has 38 heavy (non-hydrogen) atoms. The molecule has 0 spiro atoms. The topological polar surface area (TPSA) is 71.1 Å². The third kappa shape index (κ3) is 8.77. The van der Waals surface area contributed by atoms with Crippen molar-refractivity contribution < 1.29 is 19.1 Å². The summed E-state index contributed by atoms with van der Waals surface area (Å²) in [4.78, 5) is 32.5. The van der Waals surface area contributed by atoms with Gasteiger partial charge in [-0.05, 0) is 73.9 Å². The van der Waals surface area contributed by atoms with Crippen LogP contribution in [0.4, 0.5) is 10.5 Å². The highest BCUT2D eigenvalue weighted by atomic mass is 79.9. The minimum atomic E-state index is -0.277. The average molecular weight is 603 g/mol. The number of rotatable bonds is 13. The minimum absolute atomic E-state index is 0.0126. The fraction of sp³-hybridized carbons (Fsp3) is 0.379. The van der Waals surface area contributed by atoms with E-state index in [0.717, 1.165) is 27.8 Å². The molecule has 0 fully saturated rings. The number of thiophene rings is 1. The lowest BCUT2D eigenvalue weighted by Gasteiger charge is -2.28. The number of anilines is 1. The summed E-state index contributed by atoms with van der Waals surface area (Å²) in [7, 11) is 3.22. The summed E-state index contributed by atoms with van der Waals surface area (Å²) in [6.07, 6.45) is 2.39. The standard InChI is InChI=1S/C29H36BrN3O4S/c1-5-6-16-33(29(35)31-24-11-9-23(30)10-12-24)20-28(34)32(19-25-13-7-21(2)38-25)17-15-22-8-14-26(36-3)27(18-22)37-4/h7-14,18H,5-6,15-17,19-20H2,1-4H3,(H,31,35). The number of carbonyl (C=O) groups excluding carboxylic acids is 2. The highest BCUT2D eigenvalue weighted by Crippen LogP contribution is 2.28. The number of nitrogens with zero attached hydrogens (tertiary/aromatic N) is 2. The molecule has 0 unspecified atom stereocenters. The molecule has 0 atom stereocenters. The molecule has 9 heteroatoms. The first kappa shape index (κ1) is 29.5. The van der Waals surface area contributed by atoms with Crippen molar-refractivity contribution in [3.8, 4) is 11.5 Å². The van der Waals surface area contributed by atoms with Crippen LogP contribution >= 0.6 is 27.3 Å². The van der Waals surface area contributed by atoms with Gasteiger partial charge in [0, 0.05) is 33.0 Å². The fourth-order valence-electron chi connectivity index (χ4n) is 3.95. The molecular formula is C29H36BrN3O4S. The van der Waals surface area contributed by atoms with Crippen molar-refractivity contribution in [2.75, 3.05) is 39.2 Å². The Morgan fingerprint density at radius 2 is 1.68 bits per heavy atom. The minimum Gasteiger partial charge on any atom is -0.493 e. The monoisotopic (exact) mass is 601 g/mol. The largest absolute Gasteiger partial charge is 0.493 e. The number of unbranched alkanes of at least 4 members (excludes halogenated alkanes) is 1. The van der Waals surface area contributed by atoms with E-state index in [2.05, 4.69) is 47.2 Å². The zero-order valence-electron chi connectivity index (χ0n) is 22.5. The van der Waals surface area contributed by atoms with Gasteiger partial charge in [-0.2, -0.15) is 0 Å². The van der Waals surface area contributed by atoms with Gasteiger partial charge in [0.25, 0.3) is 0 Å². The van der Waals surface area contributed by atoms with Crippen LogP contribution in [0.3, 0.4) is 0 Å². The van der Waals surface area contributed by atoms with Crippen LogP contribution in [0.2, 0.25) is 0 Å². The third-order valence-corrected chi connectivity index (χ3v) is 7.62. The van der Waals surface area contributed by atoms with Crippen molar-refractivity contribution >= 4 is 44.9 Å². The van der Waals surface area contributed by atoms with Crippen molar-refractivity contribution in [3.05, 3.63) is 74.4 Å². The molecule has 2 aromatic carbocycles. The molecule has 3 rings (SSSR count). The van der Waals surface area contributed by atoms with Crippen LogP contribution in [-0.2, 0) is 17.8 Å². The van der Waals surface area contributed by atoms with Gasteiger partial charge in [0.05, 0.1) is 20.8 Å². The van der Waals surface area contributed by atoms with E-state index in [4.69, 9.17) is 9.47 Å². The number of benzene rings is 2. The van der Waals surface area contributed by atoms with Crippen molar-refractivity contribution in [2.24, 2.45) is 0 Å². The van der Waals surface area contributed by atoms with Gasteiger partial charge in [0.2, 0.25) is 5.91 Å². The van der Waals surface area contributed by atoms with Crippen LogP contribution in [0.15, 0.2) is 59.1 Å². The molecule has 0 saturated heterocycles. The Bertz CT molecular complexity index is 1200. The fourth-order valence-corrected chi connectivity index (χ4v) is 5.12. The predicted octanol–water partition coefficient (Wildman–Crippen LogP) is 6.74. The number of aryl methyl sites for hydroxylation is 1. The van der Waals surface area contributed by atoms with Crippen LogP contribution in [0, 0.1) is 6.92 Å². The van der Waals surface area contributed by atoms with E-state index in [0.29, 0.717) is 43.2 Å². The van der Waals surface area contributed by atoms with E-state index < -0.39 is 0 Å². The molecule has 0 bridgehead atoms. The van der Waals surface area contributed by atoms with Gasteiger partial charge in [0.1, 0.15) is 6.54 Å². The second-order valence-electron chi connectivity index (χ2n) is 8.98. The maximum Gasteiger partial charge on any atom is 0.322 e. The van der Waals surface area contributed by atoms with Gasteiger partial charge in [-0.25, -0.2) is 4.79 Å². The molecular weight excluding hydrogens is 566 g/mol. The molecule has 0 saturated carbocycles. The van der Waals surface area contributed by atoms with Gasteiger partial charge < -0.3 is 24.6 Å². The summed E-state index contributed by atoms with van der Waals surface area (Å²) in [5.41, 5.74) is 1.73. The molecule has 1 heterocycles. The Labute approximate surface area is 237 Å². The van der Waals surface area contributed by atoms with E-state index >= 15 is 0 Å². The van der Waals surface area contributed by atoms with E-state index in [-0.39, 0.29) is 18.5 Å². The highest BCUT2D eigenvalue weighted by molar-refractivity contribution is 9.10. The molecule has 0 aliphatic heterocycles. The molecule has 7 nitrogen and oxygen atoms in total. The number of urea groups is 1. The third-order valence-electron chi connectivity index (χ3n) is 6.10. The first-order valence-corrected chi connectivity index (χ1v) is 14.3. The first-order valence-electron chi connectivity index (χ1n) is 12.7. The molecule has 1 N–H and O–H groups in total. The van der Waals surface area contributed by atoms with Crippen LogP contribution in [-0.4, -0.2) is 55.6 Å². The molecule has 1 aromatic heterocycles. The van der Waals surface area contributed by atoms with Crippen molar-refractivity contribution in [2.45, 2.75) is 39.7 Å². The van der Waals surface area contributed by atoms with Crippen LogP contribution < -0.4 is 14.8 Å². The van der Waals surface area contributed by atoms with Gasteiger partial charge in [-0.1, -0.05) is 35.3 Å². The molecule has 0 radical (unpaired) electrons. The Balaban J connectivity index is 1.75. The second kappa shape index (κ2) is 14.8. The Kier molecular flexibility index (Phi) is 11.5. The lowest BCUT2D eigenvalue weighted by molar-refractivity contribution is -0.132. The van der Waals surface area contributed by atoms with Gasteiger partial charge in [-0.15, -0.1) is 11.3 Å². The maximum atomic E-state index is 13.6. The van der Waals surface area contributed by atoms with Gasteiger partial charge >= 0.3 is 6.03 Å². The Hall–Kier alpha value is -3.04. The molecule has 3 amide bonds.